The van der Waals surface area contributed by atoms with Crippen molar-refractivity contribution in [2.45, 2.75) is 31.1 Å². The molecule has 1 nitrogen and oxygen atoms in total. The van der Waals surface area contributed by atoms with Crippen molar-refractivity contribution in [2.24, 2.45) is 0 Å². The molecule has 0 aromatic heterocycles. The Kier molecular flexibility index (Phi) is 1.90. The molecule has 3 aromatic rings. The second-order valence-electron chi connectivity index (χ2n) is 6.31. The number of fused-ring (bicyclic) bond motifs is 9. The average Bonchev–Trinajstić information content (AvgIpc) is 3.08. The van der Waals surface area contributed by atoms with Gasteiger partial charge in [0.15, 0.2) is 0 Å². The van der Waals surface area contributed by atoms with E-state index in [0.29, 0.717) is 17.6 Å². The van der Waals surface area contributed by atoms with Gasteiger partial charge in [-0.2, -0.15) is 0 Å². The van der Waals surface area contributed by atoms with E-state index in [2.05, 4.69) is 36.4 Å². The van der Waals surface area contributed by atoms with Gasteiger partial charge in [-0.15, -0.1) is 0 Å². The third kappa shape index (κ3) is 1.19. The maximum Gasteiger partial charge on any atom is 0.123 e. The molecule has 5 rings (SSSR count). The summed E-state index contributed by atoms with van der Waals surface area (Å²) in [7, 11) is 0. The number of rotatable bonds is 0. The van der Waals surface area contributed by atoms with Gasteiger partial charge in [0.05, 0.1) is 0 Å². The molecule has 1 fully saturated rings. The lowest BCUT2D eigenvalue weighted by molar-refractivity contribution is 0.480. The number of phenols is 1. The van der Waals surface area contributed by atoms with Crippen LogP contribution in [0, 0.1) is 0 Å². The minimum absolute atomic E-state index is 0.456. The summed E-state index contributed by atoms with van der Waals surface area (Å²) in [5.74, 6) is 1.85. The summed E-state index contributed by atoms with van der Waals surface area (Å²) in [6.45, 7) is 0. The molecule has 20 heavy (non-hydrogen) atoms. The van der Waals surface area contributed by atoms with Crippen LogP contribution in [0.25, 0.3) is 21.5 Å². The molecular weight excluding hydrogens is 244 g/mol. The van der Waals surface area contributed by atoms with Crippen molar-refractivity contribution in [1.29, 1.82) is 0 Å². The van der Waals surface area contributed by atoms with Crippen LogP contribution < -0.4 is 0 Å². The van der Waals surface area contributed by atoms with Gasteiger partial charge in [0.1, 0.15) is 5.75 Å². The van der Waals surface area contributed by atoms with Crippen molar-refractivity contribution in [3.05, 3.63) is 53.6 Å². The van der Waals surface area contributed by atoms with E-state index in [1.807, 2.05) is 6.07 Å². The first-order chi connectivity index (χ1) is 9.83. The number of hydrogen-bond acceptors (Lipinski definition) is 1. The maximum absolute atomic E-state index is 10.4. The van der Waals surface area contributed by atoms with Crippen LogP contribution in [0.3, 0.4) is 0 Å². The SMILES string of the molecule is Oc1cc2c(c3c1ccc1ccccc13)C1CCC2C1. The predicted molar refractivity (Wildman–Crippen MR) is 82.5 cm³/mol. The van der Waals surface area contributed by atoms with Gasteiger partial charge in [-0.25, -0.2) is 0 Å². The molecule has 0 spiro atoms. The molecule has 2 aliphatic carbocycles. The summed E-state index contributed by atoms with van der Waals surface area (Å²) in [4.78, 5) is 0. The Bertz CT molecular complexity index is 862. The first-order valence-corrected chi connectivity index (χ1v) is 7.50. The molecule has 1 heteroatoms. The Morgan fingerprint density at radius 3 is 2.70 bits per heavy atom. The lowest BCUT2D eigenvalue weighted by atomic mass is 9.85. The van der Waals surface area contributed by atoms with Gasteiger partial charge in [0.2, 0.25) is 0 Å². The molecule has 2 atom stereocenters. The summed E-state index contributed by atoms with van der Waals surface area (Å²) in [5.41, 5.74) is 2.95. The Morgan fingerprint density at radius 2 is 1.75 bits per heavy atom. The lowest BCUT2D eigenvalue weighted by Gasteiger charge is -2.19. The zero-order valence-corrected chi connectivity index (χ0v) is 11.3. The highest BCUT2D eigenvalue weighted by Crippen LogP contribution is 2.57. The van der Waals surface area contributed by atoms with E-state index in [9.17, 15) is 5.11 Å². The second-order valence-corrected chi connectivity index (χ2v) is 6.31. The third-order valence-corrected chi connectivity index (χ3v) is 5.36. The van der Waals surface area contributed by atoms with E-state index in [4.69, 9.17) is 0 Å². The van der Waals surface area contributed by atoms with E-state index in [1.54, 1.807) is 0 Å². The molecule has 0 radical (unpaired) electrons. The third-order valence-electron chi connectivity index (χ3n) is 5.36. The van der Waals surface area contributed by atoms with Crippen molar-refractivity contribution < 1.29 is 5.11 Å². The quantitative estimate of drug-likeness (QED) is 0.560. The van der Waals surface area contributed by atoms with Crippen molar-refractivity contribution in [3.8, 4) is 5.75 Å². The highest BCUT2D eigenvalue weighted by atomic mass is 16.3. The fourth-order valence-electron chi connectivity index (χ4n) is 4.53. The van der Waals surface area contributed by atoms with E-state index in [1.165, 1.54) is 46.5 Å². The summed E-state index contributed by atoms with van der Waals surface area (Å²) in [5, 5.41) is 15.3. The second kappa shape index (κ2) is 3.54. The number of benzene rings is 3. The van der Waals surface area contributed by atoms with E-state index in [0.717, 1.165) is 5.39 Å². The van der Waals surface area contributed by atoms with Gasteiger partial charge in [-0.1, -0.05) is 36.4 Å². The largest absolute Gasteiger partial charge is 0.507 e. The molecule has 2 aliphatic rings. The Balaban J connectivity index is 2.05. The monoisotopic (exact) mass is 260 g/mol. The zero-order valence-electron chi connectivity index (χ0n) is 11.3. The molecule has 1 N–H and O–H groups in total. The van der Waals surface area contributed by atoms with Gasteiger partial charge in [0.25, 0.3) is 0 Å². The first kappa shape index (κ1) is 10.7. The molecular formula is C19H16O. The van der Waals surface area contributed by atoms with Crippen LogP contribution in [-0.4, -0.2) is 5.11 Å². The summed E-state index contributed by atoms with van der Waals surface area (Å²) >= 11 is 0. The molecule has 0 aliphatic heterocycles. The first-order valence-electron chi connectivity index (χ1n) is 7.50. The molecule has 3 aromatic carbocycles. The highest BCUT2D eigenvalue weighted by molar-refractivity contribution is 6.12. The molecule has 0 saturated heterocycles. The van der Waals surface area contributed by atoms with Crippen LogP contribution in [0.4, 0.5) is 0 Å². The Hall–Kier alpha value is -2.02. The highest BCUT2D eigenvalue weighted by Gasteiger charge is 2.38. The Morgan fingerprint density at radius 1 is 0.900 bits per heavy atom. The Labute approximate surface area is 117 Å². The summed E-state index contributed by atoms with van der Waals surface area (Å²) < 4.78 is 0. The van der Waals surface area contributed by atoms with Crippen LogP contribution in [0.5, 0.6) is 5.75 Å². The zero-order chi connectivity index (χ0) is 13.3. The van der Waals surface area contributed by atoms with Crippen molar-refractivity contribution in [2.75, 3.05) is 0 Å². The smallest absolute Gasteiger partial charge is 0.123 e. The van der Waals surface area contributed by atoms with E-state index < -0.39 is 0 Å². The normalized spacial score (nSPS) is 23.6. The number of hydrogen-bond donors (Lipinski definition) is 1. The minimum atomic E-state index is 0.456. The number of aromatic hydroxyl groups is 1. The molecule has 98 valence electrons. The van der Waals surface area contributed by atoms with E-state index in [-0.39, 0.29) is 0 Å². The van der Waals surface area contributed by atoms with Gasteiger partial charge in [-0.05, 0) is 64.5 Å². The van der Waals surface area contributed by atoms with Crippen LogP contribution in [0.2, 0.25) is 0 Å². The van der Waals surface area contributed by atoms with Crippen LogP contribution in [-0.2, 0) is 0 Å². The van der Waals surface area contributed by atoms with Crippen molar-refractivity contribution in [3.63, 3.8) is 0 Å². The van der Waals surface area contributed by atoms with E-state index >= 15 is 0 Å². The van der Waals surface area contributed by atoms with Crippen LogP contribution in [0.15, 0.2) is 42.5 Å². The van der Waals surface area contributed by atoms with Crippen LogP contribution in [0.1, 0.15) is 42.2 Å². The lowest BCUT2D eigenvalue weighted by Crippen LogP contribution is -1.99. The molecule has 0 heterocycles. The van der Waals surface area contributed by atoms with Gasteiger partial charge in [-0.3, -0.25) is 0 Å². The summed E-state index contributed by atoms with van der Waals surface area (Å²) in [6.07, 6.45) is 3.91. The van der Waals surface area contributed by atoms with Gasteiger partial charge < -0.3 is 5.11 Å². The van der Waals surface area contributed by atoms with Crippen molar-refractivity contribution in [1.82, 2.24) is 0 Å². The fraction of sp³-hybridized carbons (Fsp3) is 0.263. The van der Waals surface area contributed by atoms with Gasteiger partial charge in [0, 0.05) is 5.39 Å². The molecule has 2 bridgehead atoms. The number of phenolic OH excluding ortho intramolecular Hbond substituents is 1. The molecule has 2 unspecified atom stereocenters. The molecule has 0 amide bonds. The minimum Gasteiger partial charge on any atom is -0.507 e. The van der Waals surface area contributed by atoms with Crippen molar-refractivity contribution >= 4 is 21.5 Å². The van der Waals surface area contributed by atoms with Crippen LogP contribution >= 0.6 is 0 Å². The fourth-order valence-corrected chi connectivity index (χ4v) is 4.53. The molecule has 1 saturated carbocycles. The maximum atomic E-state index is 10.4. The predicted octanol–water partition coefficient (Wildman–Crippen LogP) is 5.06. The topological polar surface area (TPSA) is 20.2 Å². The summed E-state index contributed by atoms with van der Waals surface area (Å²) in [6, 6.07) is 14.8. The average molecular weight is 260 g/mol. The standard InChI is InChI=1S/C19H16O/c20-17-10-16-12-5-6-13(9-12)18(16)19-14-4-2-1-3-11(14)7-8-15(17)19/h1-4,7-8,10,12-13,20H,5-6,9H2. The van der Waals surface area contributed by atoms with Gasteiger partial charge >= 0.3 is 0 Å².